The number of aryl methyl sites for hydroxylation is 1. The van der Waals surface area contributed by atoms with Crippen molar-refractivity contribution in [2.24, 2.45) is 0 Å². The molecule has 0 amide bonds. The number of benzene rings is 1. The van der Waals surface area contributed by atoms with Crippen molar-refractivity contribution in [3.63, 3.8) is 0 Å². The normalized spacial score (nSPS) is 10.5. The van der Waals surface area contributed by atoms with Crippen LogP contribution in [0.5, 0.6) is 0 Å². The average Bonchev–Trinajstić information content (AvgIpc) is 2.62. The summed E-state index contributed by atoms with van der Waals surface area (Å²) in [7, 11) is 0. The van der Waals surface area contributed by atoms with Gasteiger partial charge in [0.1, 0.15) is 0 Å². The zero-order valence-electron chi connectivity index (χ0n) is 8.96. The van der Waals surface area contributed by atoms with Gasteiger partial charge in [-0.2, -0.15) is 0 Å². The van der Waals surface area contributed by atoms with Crippen LogP contribution in [-0.2, 0) is 0 Å². The number of carbonyl (C=O) groups excluding carboxylic acids is 1. The molecule has 1 aromatic heterocycles. The van der Waals surface area contributed by atoms with Gasteiger partial charge >= 0.3 is 0 Å². The smallest absolute Gasteiger partial charge is 0.204 e. The number of hydrogen-bond acceptors (Lipinski definition) is 3. The van der Waals surface area contributed by atoms with Crippen LogP contribution in [-0.4, -0.2) is 5.78 Å². The predicted octanol–water partition coefficient (Wildman–Crippen LogP) is 4.18. The minimum absolute atomic E-state index is 0.151. The lowest BCUT2D eigenvalue weighted by molar-refractivity contribution is 0.104. The Morgan fingerprint density at radius 3 is 2.59 bits per heavy atom. The molecule has 0 aliphatic heterocycles. The van der Waals surface area contributed by atoms with E-state index in [9.17, 15) is 4.79 Å². The molecule has 0 saturated carbocycles. The summed E-state index contributed by atoms with van der Waals surface area (Å²) in [6.45, 7) is 1.86. The fourth-order valence-corrected chi connectivity index (χ4v) is 2.78. The van der Waals surface area contributed by atoms with Crippen LogP contribution in [0.4, 0.5) is 5.69 Å². The summed E-state index contributed by atoms with van der Waals surface area (Å²) >= 11 is 13.2. The molecule has 2 nitrogen and oxygen atoms in total. The Bertz CT molecular complexity index is 573. The van der Waals surface area contributed by atoms with Crippen molar-refractivity contribution in [2.75, 3.05) is 5.73 Å². The Morgan fingerprint density at radius 1 is 1.29 bits per heavy atom. The maximum absolute atomic E-state index is 12.2. The third kappa shape index (κ3) is 2.46. The van der Waals surface area contributed by atoms with Crippen LogP contribution in [0, 0.1) is 6.92 Å². The monoisotopic (exact) mass is 285 g/mol. The van der Waals surface area contributed by atoms with Gasteiger partial charge < -0.3 is 5.73 Å². The van der Waals surface area contributed by atoms with Gasteiger partial charge in [-0.3, -0.25) is 4.79 Å². The van der Waals surface area contributed by atoms with Gasteiger partial charge in [0.25, 0.3) is 0 Å². The number of hydrogen-bond donors (Lipinski definition) is 1. The lowest BCUT2D eigenvalue weighted by atomic mass is 10.1. The lowest BCUT2D eigenvalue weighted by Crippen LogP contribution is -2.01. The van der Waals surface area contributed by atoms with Crippen LogP contribution in [0.3, 0.4) is 0 Å². The Kier molecular flexibility index (Phi) is 3.43. The van der Waals surface area contributed by atoms with Crippen molar-refractivity contribution in [3.8, 4) is 0 Å². The summed E-state index contributed by atoms with van der Waals surface area (Å²) in [5.41, 5.74) is 7.45. The molecule has 2 rings (SSSR count). The second kappa shape index (κ2) is 4.69. The van der Waals surface area contributed by atoms with Gasteiger partial charge in [-0.1, -0.05) is 23.2 Å². The van der Waals surface area contributed by atoms with Gasteiger partial charge in [-0.15, -0.1) is 11.3 Å². The first-order chi connectivity index (χ1) is 7.99. The van der Waals surface area contributed by atoms with Crippen LogP contribution in [0.1, 0.15) is 20.8 Å². The molecule has 0 radical (unpaired) electrons. The van der Waals surface area contributed by atoms with E-state index in [-0.39, 0.29) is 5.78 Å². The predicted molar refractivity (Wildman–Crippen MR) is 73.4 cm³/mol. The zero-order chi connectivity index (χ0) is 12.6. The van der Waals surface area contributed by atoms with Crippen molar-refractivity contribution in [1.82, 2.24) is 0 Å². The molecule has 0 spiro atoms. The molecule has 0 aliphatic rings. The van der Waals surface area contributed by atoms with Crippen LogP contribution in [0.25, 0.3) is 0 Å². The summed E-state index contributed by atoms with van der Waals surface area (Å²) in [4.78, 5) is 12.8. The molecule has 0 bridgehead atoms. The SMILES string of the molecule is Cc1cc(C(=O)c2cc(N)ccc2Cl)sc1Cl. The van der Waals surface area contributed by atoms with Gasteiger partial charge in [-0.25, -0.2) is 0 Å². The molecule has 88 valence electrons. The first-order valence-corrected chi connectivity index (χ1v) is 6.42. The summed E-state index contributed by atoms with van der Waals surface area (Å²) in [5.74, 6) is -0.151. The number of anilines is 1. The van der Waals surface area contributed by atoms with E-state index in [1.807, 2.05) is 6.92 Å². The van der Waals surface area contributed by atoms with Crippen molar-refractivity contribution < 1.29 is 4.79 Å². The minimum atomic E-state index is -0.151. The van der Waals surface area contributed by atoms with Crippen LogP contribution in [0.2, 0.25) is 9.36 Å². The number of nitrogens with two attached hydrogens (primary N) is 1. The number of rotatable bonds is 2. The lowest BCUT2D eigenvalue weighted by Gasteiger charge is -2.02. The number of carbonyl (C=O) groups is 1. The van der Waals surface area contributed by atoms with Crippen LogP contribution in [0.15, 0.2) is 24.3 Å². The zero-order valence-corrected chi connectivity index (χ0v) is 11.3. The van der Waals surface area contributed by atoms with E-state index in [1.54, 1.807) is 24.3 Å². The molecule has 0 fully saturated rings. The van der Waals surface area contributed by atoms with E-state index in [4.69, 9.17) is 28.9 Å². The molecule has 2 N–H and O–H groups in total. The van der Waals surface area contributed by atoms with Crippen molar-refractivity contribution in [3.05, 3.63) is 49.6 Å². The Morgan fingerprint density at radius 2 is 2.00 bits per heavy atom. The molecule has 0 atom stereocenters. The third-order valence-electron chi connectivity index (χ3n) is 2.32. The van der Waals surface area contributed by atoms with E-state index in [0.29, 0.717) is 25.5 Å². The Hall–Kier alpha value is -1.03. The third-order valence-corrected chi connectivity index (χ3v) is 4.20. The molecule has 2 aromatic rings. The quantitative estimate of drug-likeness (QED) is 0.665. The van der Waals surface area contributed by atoms with E-state index < -0.39 is 0 Å². The molecular weight excluding hydrogens is 277 g/mol. The van der Waals surface area contributed by atoms with E-state index in [1.165, 1.54) is 11.3 Å². The number of halogens is 2. The fraction of sp³-hybridized carbons (Fsp3) is 0.0833. The summed E-state index contributed by atoms with van der Waals surface area (Å²) in [5, 5.41) is 0.395. The first-order valence-electron chi connectivity index (χ1n) is 4.84. The Labute approximate surface area is 113 Å². The van der Waals surface area contributed by atoms with Gasteiger partial charge in [-0.05, 0) is 36.8 Å². The first kappa shape index (κ1) is 12.4. The Balaban J connectivity index is 2.47. The van der Waals surface area contributed by atoms with Crippen molar-refractivity contribution >= 4 is 46.0 Å². The molecule has 1 heterocycles. The highest BCUT2D eigenvalue weighted by Gasteiger charge is 2.16. The molecular formula is C12H9Cl2NOS. The molecule has 17 heavy (non-hydrogen) atoms. The highest BCUT2D eigenvalue weighted by molar-refractivity contribution is 7.18. The maximum atomic E-state index is 12.2. The minimum Gasteiger partial charge on any atom is -0.399 e. The fourth-order valence-electron chi connectivity index (χ4n) is 1.42. The van der Waals surface area contributed by atoms with Gasteiger partial charge in [0.05, 0.1) is 14.2 Å². The van der Waals surface area contributed by atoms with Gasteiger partial charge in [0, 0.05) is 11.3 Å². The number of nitrogen functional groups attached to an aromatic ring is 1. The van der Waals surface area contributed by atoms with Crippen molar-refractivity contribution in [1.29, 1.82) is 0 Å². The second-order valence-corrected chi connectivity index (χ2v) is 5.70. The average molecular weight is 286 g/mol. The highest BCUT2D eigenvalue weighted by Crippen LogP contribution is 2.30. The topological polar surface area (TPSA) is 43.1 Å². The van der Waals surface area contributed by atoms with Gasteiger partial charge in [0.15, 0.2) is 0 Å². The maximum Gasteiger partial charge on any atom is 0.204 e. The largest absolute Gasteiger partial charge is 0.399 e. The molecule has 0 unspecified atom stereocenters. The van der Waals surface area contributed by atoms with E-state index >= 15 is 0 Å². The molecule has 0 aliphatic carbocycles. The molecule has 1 aromatic carbocycles. The summed E-state index contributed by atoms with van der Waals surface area (Å²) in [6, 6.07) is 6.61. The van der Waals surface area contributed by atoms with Gasteiger partial charge in [0.2, 0.25) is 5.78 Å². The summed E-state index contributed by atoms with van der Waals surface area (Å²) < 4.78 is 0.619. The highest BCUT2D eigenvalue weighted by atomic mass is 35.5. The summed E-state index contributed by atoms with van der Waals surface area (Å²) in [6.07, 6.45) is 0. The van der Waals surface area contributed by atoms with Crippen molar-refractivity contribution in [2.45, 2.75) is 6.92 Å². The molecule has 5 heteroatoms. The number of ketones is 1. The van der Waals surface area contributed by atoms with Crippen LogP contribution >= 0.6 is 34.5 Å². The second-order valence-electron chi connectivity index (χ2n) is 3.64. The van der Waals surface area contributed by atoms with Crippen LogP contribution < -0.4 is 5.73 Å². The van der Waals surface area contributed by atoms with E-state index in [2.05, 4.69) is 0 Å². The standard InChI is InChI=1S/C12H9Cl2NOS/c1-6-4-10(17-12(6)14)11(16)8-5-7(15)2-3-9(8)13/h2-5H,15H2,1H3. The number of thiophene rings is 1. The molecule has 0 saturated heterocycles. The van der Waals surface area contributed by atoms with E-state index in [0.717, 1.165) is 5.56 Å².